The second-order valence-electron chi connectivity index (χ2n) is 6.50. The van der Waals surface area contributed by atoms with E-state index >= 15 is 0 Å². The van der Waals surface area contributed by atoms with Gasteiger partial charge in [-0.1, -0.05) is 25.5 Å². The fourth-order valence-electron chi connectivity index (χ4n) is 3.16. The van der Waals surface area contributed by atoms with Crippen molar-refractivity contribution >= 4 is 28.2 Å². The van der Waals surface area contributed by atoms with Crippen LogP contribution in [0.1, 0.15) is 35.7 Å². The van der Waals surface area contributed by atoms with Gasteiger partial charge in [0.25, 0.3) is 0 Å². The van der Waals surface area contributed by atoms with Gasteiger partial charge in [-0.25, -0.2) is 4.79 Å². The first-order chi connectivity index (χ1) is 13.2. The van der Waals surface area contributed by atoms with E-state index < -0.39 is 5.97 Å². The number of ether oxygens (including phenoxy) is 2. The number of hydrogen-bond acceptors (Lipinski definition) is 5. The molecule has 0 spiro atoms. The van der Waals surface area contributed by atoms with Crippen molar-refractivity contribution in [1.82, 2.24) is 4.98 Å². The van der Waals surface area contributed by atoms with E-state index in [1.165, 1.54) is 11.8 Å². The van der Waals surface area contributed by atoms with Crippen LogP contribution >= 0.6 is 0 Å². The lowest BCUT2D eigenvalue weighted by Gasteiger charge is -2.13. The predicted molar refractivity (Wildman–Crippen MR) is 103 cm³/mol. The lowest BCUT2D eigenvalue weighted by atomic mass is 10.1. The van der Waals surface area contributed by atoms with Crippen molar-refractivity contribution < 1.29 is 19.4 Å². The molecule has 1 aliphatic heterocycles. The third-order valence-corrected chi connectivity index (χ3v) is 4.64. The van der Waals surface area contributed by atoms with Gasteiger partial charge in [0, 0.05) is 23.3 Å². The summed E-state index contributed by atoms with van der Waals surface area (Å²) in [5, 5.41) is 13.5. The minimum absolute atomic E-state index is 0.108. The van der Waals surface area contributed by atoms with Crippen LogP contribution in [0.4, 0.5) is 11.4 Å². The quantitative estimate of drug-likeness (QED) is 0.657. The minimum Gasteiger partial charge on any atom is -0.478 e. The SMILES string of the molecule is CCCCc1ccc(Nc2c(C(=O)O)cnc3cc4c(cc23)OCO4)cc1. The Hall–Kier alpha value is -3.28. The largest absolute Gasteiger partial charge is 0.478 e. The van der Waals surface area contributed by atoms with Gasteiger partial charge in [0.2, 0.25) is 6.79 Å². The molecule has 0 saturated carbocycles. The number of aromatic nitrogens is 1. The Labute approximate surface area is 156 Å². The van der Waals surface area contributed by atoms with Gasteiger partial charge < -0.3 is 19.9 Å². The summed E-state index contributed by atoms with van der Waals surface area (Å²) < 4.78 is 10.8. The monoisotopic (exact) mass is 364 g/mol. The molecule has 0 fully saturated rings. The molecule has 3 aromatic rings. The Morgan fingerprint density at radius 3 is 2.63 bits per heavy atom. The summed E-state index contributed by atoms with van der Waals surface area (Å²) in [4.78, 5) is 16.0. The predicted octanol–water partition coefficient (Wildman–Crippen LogP) is 4.75. The number of benzene rings is 2. The Kier molecular flexibility index (Phi) is 4.54. The number of fused-ring (bicyclic) bond motifs is 2. The summed E-state index contributed by atoms with van der Waals surface area (Å²) >= 11 is 0. The number of carboxylic acids is 1. The number of pyridine rings is 1. The molecule has 0 unspecified atom stereocenters. The summed E-state index contributed by atoms with van der Waals surface area (Å²) in [6.07, 6.45) is 4.71. The Balaban J connectivity index is 1.74. The summed E-state index contributed by atoms with van der Waals surface area (Å²) in [7, 11) is 0. The first-order valence-electron chi connectivity index (χ1n) is 8.97. The highest BCUT2D eigenvalue weighted by Crippen LogP contribution is 2.39. The molecule has 0 atom stereocenters. The van der Waals surface area contributed by atoms with Crippen LogP contribution in [0.25, 0.3) is 10.9 Å². The fraction of sp³-hybridized carbons (Fsp3) is 0.238. The van der Waals surface area contributed by atoms with Gasteiger partial charge >= 0.3 is 5.97 Å². The van der Waals surface area contributed by atoms with Crippen LogP contribution in [0.5, 0.6) is 11.5 Å². The van der Waals surface area contributed by atoms with E-state index in [4.69, 9.17) is 9.47 Å². The molecule has 6 heteroatoms. The van der Waals surface area contributed by atoms with Crippen molar-refractivity contribution in [3.8, 4) is 11.5 Å². The van der Waals surface area contributed by atoms with Crippen molar-refractivity contribution in [3.63, 3.8) is 0 Å². The van der Waals surface area contributed by atoms with Crippen molar-refractivity contribution in [3.05, 3.63) is 53.7 Å². The number of nitrogens with one attached hydrogen (secondary N) is 1. The van der Waals surface area contributed by atoms with Gasteiger partial charge in [-0.3, -0.25) is 4.98 Å². The topological polar surface area (TPSA) is 80.7 Å². The number of carboxylic acid groups (broad SMARTS) is 1. The number of carbonyl (C=O) groups is 1. The van der Waals surface area contributed by atoms with E-state index in [0.29, 0.717) is 28.1 Å². The van der Waals surface area contributed by atoms with Crippen molar-refractivity contribution in [2.24, 2.45) is 0 Å². The van der Waals surface area contributed by atoms with Crippen LogP contribution in [0, 0.1) is 0 Å². The molecular weight excluding hydrogens is 344 g/mol. The summed E-state index contributed by atoms with van der Waals surface area (Å²) in [5.74, 6) is 0.165. The van der Waals surface area contributed by atoms with Gasteiger partial charge in [-0.15, -0.1) is 0 Å². The van der Waals surface area contributed by atoms with Crippen LogP contribution in [0.2, 0.25) is 0 Å². The molecule has 0 radical (unpaired) electrons. The number of aryl methyl sites for hydroxylation is 1. The average molecular weight is 364 g/mol. The van der Waals surface area contributed by atoms with Crippen LogP contribution in [-0.4, -0.2) is 22.9 Å². The molecule has 2 N–H and O–H groups in total. The number of aromatic carboxylic acids is 1. The lowest BCUT2D eigenvalue weighted by molar-refractivity contribution is 0.0697. The highest BCUT2D eigenvalue weighted by atomic mass is 16.7. The first-order valence-corrected chi connectivity index (χ1v) is 8.97. The van der Waals surface area contributed by atoms with E-state index in [0.717, 1.165) is 24.9 Å². The van der Waals surface area contributed by atoms with Gasteiger partial charge in [0.15, 0.2) is 11.5 Å². The first kappa shape index (κ1) is 17.1. The maximum absolute atomic E-state index is 11.7. The highest BCUT2D eigenvalue weighted by Gasteiger charge is 2.20. The van der Waals surface area contributed by atoms with Crippen LogP contribution in [-0.2, 0) is 6.42 Å². The van der Waals surface area contributed by atoms with Crippen molar-refractivity contribution in [1.29, 1.82) is 0 Å². The maximum Gasteiger partial charge on any atom is 0.339 e. The van der Waals surface area contributed by atoms with Gasteiger partial charge in [0.1, 0.15) is 5.56 Å². The van der Waals surface area contributed by atoms with Crippen LogP contribution in [0.3, 0.4) is 0 Å². The molecule has 2 aromatic carbocycles. The Bertz CT molecular complexity index is 999. The second-order valence-corrected chi connectivity index (χ2v) is 6.50. The maximum atomic E-state index is 11.7. The Morgan fingerprint density at radius 2 is 1.93 bits per heavy atom. The molecule has 0 amide bonds. The molecule has 27 heavy (non-hydrogen) atoms. The van der Waals surface area contributed by atoms with Crippen molar-refractivity contribution in [2.75, 3.05) is 12.1 Å². The van der Waals surface area contributed by atoms with Crippen LogP contribution in [0.15, 0.2) is 42.6 Å². The van der Waals surface area contributed by atoms with E-state index in [1.807, 2.05) is 12.1 Å². The third-order valence-electron chi connectivity index (χ3n) is 4.64. The molecule has 6 nitrogen and oxygen atoms in total. The normalized spacial score (nSPS) is 12.3. The number of rotatable bonds is 6. The number of anilines is 2. The molecule has 0 saturated heterocycles. The Morgan fingerprint density at radius 1 is 1.19 bits per heavy atom. The van der Waals surface area contributed by atoms with E-state index in [9.17, 15) is 9.90 Å². The molecule has 138 valence electrons. The standard InChI is InChI=1S/C21H20N2O4/c1-2-3-4-13-5-7-14(8-6-13)23-20-15-9-18-19(27-12-26-18)10-17(15)22-11-16(20)21(24)25/h5-11H,2-4,12H2,1H3,(H,22,23)(H,24,25). The smallest absolute Gasteiger partial charge is 0.339 e. The van der Waals surface area contributed by atoms with Gasteiger partial charge in [0.05, 0.1) is 11.2 Å². The zero-order valence-corrected chi connectivity index (χ0v) is 15.0. The minimum atomic E-state index is -1.04. The number of unbranched alkanes of at least 4 members (excludes halogenated alkanes) is 1. The third kappa shape index (κ3) is 3.38. The number of hydrogen-bond donors (Lipinski definition) is 2. The second kappa shape index (κ2) is 7.15. The number of nitrogens with zero attached hydrogens (tertiary/aromatic N) is 1. The van der Waals surface area contributed by atoms with Gasteiger partial charge in [-0.2, -0.15) is 0 Å². The summed E-state index contributed by atoms with van der Waals surface area (Å²) in [6.45, 7) is 2.32. The molecule has 4 rings (SSSR count). The zero-order chi connectivity index (χ0) is 18.8. The zero-order valence-electron chi connectivity index (χ0n) is 15.0. The van der Waals surface area contributed by atoms with E-state index in [-0.39, 0.29) is 12.4 Å². The van der Waals surface area contributed by atoms with Gasteiger partial charge in [-0.05, 0) is 36.6 Å². The fourth-order valence-corrected chi connectivity index (χ4v) is 3.16. The molecule has 1 aromatic heterocycles. The molecule has 0 aliphatic carbocycles. The molecular formula is C21H20N2O4. The molecule has 0 bridgehead atoms. The summed E-state index contributed by atoms with van der Waals surface area (Å²) in [6, 6.07) is 11.6. The average Bonchev–Trinajstić information content (AvgIpc) is 3.13. The molecule has 1 aliphatic rings. The van der Waals surface area contributed by atoms with Crippen LogP contribution < -0.4 is 14.8 Å². The van der Waals surface area contributed by atoms with E-state index in [2.05, 4.69) is 29.4 Å². The highest BCUT2D eigenvalue weighted by molar-refractivity contribution is 6.06. The van der Waals surface area contributed by atoms with E-state index in [1.54, 1.807) is 12.1 Å². The lowest BCUT2D eigenvalue weighted by Crippen LogP contribution is -2.05. The molecule has 2 heterocycles. The summed E-state index contributed by atoms with van der Waals surface area (Å²) in [5.41, 5.74) is 3.33. The van der Waals surface area contributed by atoms with Crippen molar-refractivity contribution in [2.45, 2.75) is 26.2 Å².